The van der Waals surface area contributed by atoms with Crippen LogP contribution in [0.3, 0.4) is 0 Å². The van der Waals surface area contributed by atoms with Crippen molar-refractivity contribution >= 4 is 17.6 Å². The van der Waals surface area contributed by atoms with Gasteiger partial charge in [-0.1, -0.05) is 42.7 Å². The number of carbonyl (C=O) groups excluding carboxylic acids is 2. The van der Waals surface area contributed by atoms with Crippen molar-refractivity contribution in [3.63, 3.8) is 0 Å². The quantitative estimate of drug-likeness (QED) is 0.722. The lowest BCUT2D eigenvalue weighted by atomic mass is 9.77. The van der Waals surface area contributed by atoms with Crippen LogP contribution in [0.25, 0.3) is 0 Å². The van der Waals surface area contributed by atoms with Gasteiger partial charge in [0.2, 0.25) is 11.8 Å². The monoisotopic (exact) mass is 449 g/mol. The Balaban J connectivity index is 1.59. The summed E-state index contributed by atoms with van der Waals surface area (Å²) in [7, 11) is 3.70. The van der Waals surface area contributed by atoms with E-state index in [0.717, 1.165) is 56.3 Å². The predicted molar refractivity (Wildman–Crippen MR) is 129 cm³/mol. The fraction of sp³-hybridized carbons (Fsp3) is 0.538. The van der Waals surface area contributed by atoms with Gasteiger partial charge in [-0.3, -0.25) is 9.59 Å². The van der Waals surface area contributed by atoms with E-state index in [1.807, 2.05) is 30.0 Å². The number of hydrogen-bond acceptors (Lipinski definition) is 5. The second-order valence-electron chi connectivity index (χ2n) is 9.54. The van der Waals surface area contributed by atoms with Crippen LogP contribution in [0.15, 0.2) is 30.3 Å². The van der Waals surface area contributed by atoms with Crippen LogP contribution < -0.4 is 5.32 Å². The minimum atomic E-state index is -0.457. The molecule has 33 heavy (non-hydrogen) atoms. The number of aryl methyl sites for hydroxylation is 1. The molecule has 1 saturated heterocycles. The lowest BCUT2D eigenvalue weighted by Gasteiger charge is -2.33. The van der Waals surface area contributed by atoms with Crippen molar-refractivity contribution in [3.8, 4) is 0 Å². The van der Waals surface area contributed by atoms with Gasteiger partial charge in [-0.25, -0.2) is 9.97 Å². The Bertz CT molecular complexity index is 1010. The van der Waals surface area contributed by atoms with Crippen molar-refractivity contribution in [2.24, 2.45) is 0 Å². The minimum absolute atomic E-state index is 0.0473. The summed E-state index contributed by atoms with van der Waals surface area (Å²) >= 11 is 0. The van der Waals surface area contributed by atoms with E-state index in [9.17, 15) is 9.59 Å². The zero-order valence-corrected chi connectivity index (χ0v) is 20.2. The summed E-state index contributed by atoms with van der Waals surface area (Å²) in [5.41, 5.74) is 2.64. The standard InChI is InChI=1S/C26H35N5O2/c1-18-9-11-20(12-10-18)26(13-5-6-14-26)25(33)30(4)17-21-16-23(27-3)29-24(28-21)22-8-7-15-31(22)19(2)32/h9-12,16,22H,5-8,13-15,17H2,1-4H3,(H,27,28,29)/t22-/m0/s1. The molecule has 0 unspecified atom stereocenters. The second kappa shape index (κ2) is 9.49. The van der Waals surface area contributed by atoms with E-state index in [-0.39, 0.29) is 17.9 Å². The highest BCUT2D eigenvalue weighted by Crippen LogP contribution is 2.43. The van der Waals surface area contributed by atoms with E-state index >= 15 is 0 Å². The lowest BCUT2D eigenvalue weighted by molar-refractivity contribution is -0.136. The number of carbonyl (C=O) groups is 2. The van der Waals surface area contributed by atoms with Gasteiger partial charge in [0.15, 0.2) is 5.82 Å². The summed E-state index contributed by atoms with van der Waals surface area (Å²) in [6.07, 6.45) is 5.70. The Hall–Kier alpha value is -2.96. The molecule has 2 aromatic rings. The molecule has 0 bridgehead atoms. The molecule has 2 fully saturated rings. The van der Waals surface area contributed by atoms with Gasteiger partial charge in [-0.05, 0) is 38.2 Å². The van der Waals surface area contributed by atoms with E-state index in [4.69, 9.17) is 4.98 Å². The number of nitrogens with one attached hydrogen (secondary N) is 1. The molecule has 1 aliphatic heterocycles. The Morgan fingerprint density at radius 1 is 1.15 bits per heavy atom. The second-order valence-corrected chi connectivity index (χ2v) is 9.54. The Morgan fingerprint density at radius 3 is 2.48 bits per heavy atom. The van der Waals surface area contributed by atoms with Gasteiger partial charge >= 0.3 is 0 Å². The maximum Gasteiger partial charge on any atom is 0.233 e. The van der Waals surface area contributed by atoms with Crippen molar-refractivity contribution in [1.29, 1.82) is 0 Å². The summed E-state index contributed by atoms with van der Waals surface area (Å²) < 4.78 is 0. The molecular formula is C26H35N5O2. The maximum atomic E-state index is 13.8. The first-order valence-electron chi connectivity index (χ1n) is 12.0. The third-order valence-corrected chi connectivity index (χ3v) is 7.22. The molecule has 176 valence electrons. The Morgan fingerprint density at radius 2 is 1.85 bits per heavy atom. The molecule has 4 rings (SSSR count). The number of nitrogens with zero attached hydrogens (tertiary/aromatic N) is 4. The molecule has 1 atom stereocenters. The van der Waals surface area contributed by atoms with E-state index in [1.165, 1.54) is 5.56 Å². The van der Waals surface area contributed by atoms with Crippen LogP contribution in [0.1, 0.15) is 74.1 Å². The summed E-state index contributed by atoms with van der Waals surface area (Å²) in [4.78, 5) is 39.0. The number of rotatable bonds is 6. The summed E-state index contributed by atoms with van der Waals surface area (Å²) in [5.74, 6) is 1.56. The SMILES string of the molecule is CNc1cc(CN(C)C(=O)C2(c3ccc(C)cc3)CCCC2)nc([C@@H]2CCCN2C(C)=O)n1. The van der Waals surface area contributed by atoms with Crippen molar-refractivity contribution in [2.75, 3.05) is 26.0 Å². The van der Waals surface area contributed by atoms with Crippen LogP contribution >= 0.6 is 0 Å². The van der Waals surface area contributed by atoms with Crippen LogP contribution in [-0.2, 0) is 21.5 Å². The molecule has 1 aromatic heterocycles. The van der Waals surface area contributed by atoms with Crippen LogP contribution in [0.2, 0.25) is 0 Å². The van der Waals surface area contributed by atoms with Crippen molar-refractivity contribution in [1.82, 2.24) is 19.8 Å². The molecule has 2 heterocycles. The molecule has 0 spiro atoms. The normalized spacial score (nSPS) is 19.5. The van der Waals surface area contributed by atoms with E-state index < -0.39 is 5.41 Å². The summed E-state index contributed by atoms with van der Waals surface area (Å²) in [5, 5.41) is 3.11. The lowest BCUT2D eigenvalue weighted by Crippen LogP contribution is -2.43. The average molecular weight is 450 g/mol. The highest BCUT2D eigenvalue weighted by Gasteiger charge is 2.44. The van der Waals surface area contributed by atoms with Crippen molar-refractivity contribution in [3.05, 3.63) is 53.0 Å². The van der Waals surface area contributed by atoms with Gasteiger partial charge in [0.1, 0.15) is 5.82 Å². The van der Waals surface area contributed by atoms with Crippen LogP contribution in [0.5, 0.6) is 0 Å². The molecule has 7 nitrogen and oxygen atoms in total. The van der Waals surface area contributed by atoms with E-state index in [0.29, 0.717) is 18.2 Å². The van der Waals surface area contributed by atoms with E-state index in [2.05, 4.69) is 41.5 Å². The summed E-state index contributed by atoms with van der Waals surface area (Å²) in [6.45, 7) is 4.81. The number of aromatic nitrogens is 2. The number of likely N-dealkylation sites (N-methyl/N-ethyl adjacent to an activating group) is 1. The first-order valence-corrected chi connectivity index (χ1v) is 12.0. The summed E-state index contributed by atoms with van der Waals surface area (Å²) in [6, 6.07) is 10.2. The minimum Gasteiger partial charge on any atom is -0.373 e. The zero-order chi connectivity index (χ0) is 23.6. The number of amides is 2. The first kappa shape index (κ1) is 23.2. The third kappa shape index (κ3) is 4.59. The molecule has 1 N–H and O–H groups in total. The molecule has 7 heteroatoms. The molecular weight excluding hydrogens is 414 g/mol. The number of anilines is 1. The number of hydrogen-bond donors (Lipinski definition) is 1. The van der Waals surface area contributed by atoms with Crippen LogP contribution in [0.4, 0.5) is 5.82 Å². The molecule has 2 amide bonds. The zero-order valence-electron chi connectivity index (χ0n) is 20.2. The first-order chi connectivity index (χ1) is 15.8. The number of likely N-dealkylation sites (tertiary alicyclic amines) is 1. The van der Waals surface area contributed by atoms with Crippen molar-refractivity contribution in [2.45, 2.75) is 70.4 Å². The molecule has 1 aromatic carbocycles. The Labute approximate surface area is 196 Å². The Kier molecular flexibility index (Phi) is 6.68. The fourth-order valence-corrected chi connectivity index (χ4v) is 5.45. The predicted octanol–water partition coefficient (Wildman–Crippen LogP) is 3.98. The van der Waals surface area contributed by atoms with Gasteiger partial charge in [0, 0.05) is 33.6 Å². The average Bonchev–Trinajstić information content (AvgIpc) is 3.49. The van der Waals surface area contributed by atoms with E-state index in [1.54, 1.807) is 6.92 Å². The highest BCUT2D eigenvalue weighted by atomic mass is 16.2. The third-order valence-electron chi connectivity index (χ3n) is 7.22. The fourth-order valence-electron chi connectivity index (χ4n) is 5.45. The highest BCUT2D eigenvalue weighted by molar-refractivity contribution is 5.88. The molecule has 1 aliphatic carbocycles. The topological polar surface area (TPSA) is 78.4 Å². The van der Waals surface area contributed by atoms with Crippen molar-refractivity contribution < 1.29 is 9.59 Å². The van der Waals surface area contributed by atoms with Gasteiger partial charge in [0.25, 0.3) is 0 Å². The molecule has 2 aliphatic rings. The van der Waals surface area contributed by atoms with Crippen LogP contribution in [0, 0.1) is 6.92 Å². The van der Waals surface area contributed by atoms with Gasteiger partial charge in [-0.2, -0.15) is 0 Å². The molecule has 1 saturated carbocycles. The van der Waals surface area contributed by atoms with Gasteiger partial charge in [-0.15, -0.1) is 0 Å². The number of benzene rings is 1. The smallest absolute Gasteiger partial charge is 0.233 e. The molecule has 0 radical (unpaired) electrons. The maximum absolute atomic E-state index is 13.8. The van der Waals surface area contributed by atoms with Gasteiger partial charge < -0.3 is 15.1 Å². The van der Waals surface area contributed by atoms with Gasteiger partial charge in [0.05, 0.1) is 23.7 Å². The van der Waals surface area contributed by atoms with Crippen LogP contribution in [-0.4, -0.2) is 52.2 Å². The largest absolute Gasteiger partial charge is 0.373 e.